The standard InChI is InChI=1S/C23H22N2O3/c1-17-10-8-9-15-20(17)24-22(26)21(16-18-11-4-2-5-12-18)25-23(27)28-19-13-6-3-7-14-19/h2-15,21H,16H2,1H3,(H,24,26)(H,25,27)/t21-/m0/s1. The minimum Gasteiger partial charge on any atom is -0.410 e. The van der Waals surface area contributed by atoms with Gasteiger partial charge >= 0.3 is 6.09 Å². The summed E-state index contributed by atoms with van der Waals surface area (Å²) in [6, 6.07) is 25.0. The first-order valence-corrected chi connectivity index (χ1v) is 9.05. The van der Waals surface area contributed by atoms with Gasteiger partial charge < -0.3 is 15.4 Å². The summed E-state index contributed by atoms with van der Waals surface area (Å²) < 4.78 is 5.28. The van der Waals surface area contributed by atoms with Crippen LogP contribution in [-0.4, -0.2) is 18.0 Å². The van der Waals surface area contributed by atoms with Crippen LogP contribution in [0.2, 0.25) is 0 Å². The first-order valence-electron chi connectivity index (χ1n) is 9.05. The second-order valence-corrected chi connectivity index (χ2v) is 6.39. The van der Waals surface area contributed by atoms with Crippen molar-refractivity contribution >= 4 is 17.7 Å². The summed E-state index contributed by atoms with van der Waals surface area (Å²) in [7, 11) is 0. The fourth-order valence-electron chi connectivity index (χ4n) is 2.76. The lowest BCUT2D eigenvalue weighted by Gasteiger charge is -2.19. The molecule has 2 N–H and O–H groups in total. The number of amides is 2. The topological polar surface area (TPSA) is 67.4 Å². The van der Waals surface area contributed by atoms with Crippen LogP contribution in [0.3, 0.4) is 0 Å². The Hall–Kier alpha value is -3.60. The highest BCUT2D eigenvalue weighted by molar-refractivity contribution is 5.97. The Labute approximate surface area is 164 Å². The average Bonchev–Trinajstić information content (AvgIpc) is 2.71. The highest BCUT2D eigenvalue weighted by Gasteiger charge is 2.23. The van der Waals surface area contributed by atoms with E-state index in [-0.39, 0.29) is 5.91 Å². The SMILES string of the molecule is Cc1ccccc1NC(=O)[C@H](Cc1ccccc1)NC(=O)Oc1ccccc1. The lowest BCUT2D eigenvalue weighted by Crippen LogP contribution is -2.46. The van der Waals surface area contributed by atoms with Gasteiger partial charge in [0.1, 0.15) is 11.8 Å². The van der Waals surface area contributed by atoms with Gasteiger partial charge in [-0.15, -0.1) is 0 Å². The van der Waals surface area contributed by atoms with E-state index in [0.29, 0.717) is 17.9 Å². The number of carbonyl (C=O) groups is 2. The molecule has 3 aromatic carbocycles. The third kappa shape index (κ3) is 5.45. The number of benzene rings is 3. The molecule has 1 atom stereocenters. The van der Waals surface area contributed by atoms with Crippen LogP contribution in [-0.2, 0) is 11.2 Å². The van der Waals surface area contributed by atoms with Crippen LogP contribution >= 0.6 is 0 Å². The maximum atomic E-state index is 12.9. The molecule has 2 amide bonds. The molecule has 0 bridgehead atoms. The predicted molar refractivity (Wildman–Crippen MR) is 109 cm³/mol. The number of hydrogen-bond donors (Lipinski definition) is 2. The number of rotatable bonds is 6. The van der Waals surface area contributed by atoms with E-state index in [4.69, 9.17) is 4.74 Å². The maximum Gasteiger partial charge on any atom is 0.413 e. The number of para-hydroxylation sites is 2. The number of aryl methyl sites for hydroxylation is 1. The second kappa shape index (κ2) is 9.37. The quantitative estimate of drug-likeness (QED) is 0.675. The first kappa shape index (κ1) is 19.2. The molecule has 0 saturated heterocycles. The van der Waals surface area contributed by atoms with Crippen molar-refractivity contribution < 1.29 is 14.3 Å². The molecule has 0 radical (unpaired) electrons. The minimum atomic E-state index is -0.779. The Morgan fingerprint density at radius 2 is 1.46 bits per heavy atom. The van der Waals surface area contributed by atoms with Crippen LogP contribution in [0, 0.1) is 6.92 Å². The second-order valence-electron chi connectivity index (χ2n) is 6.39. The van der Waals surface area contributed by atoms with E-state index in [1.54, 1.807) is 24.3 Å². The van der Waals surface area contributed by atoms with E-state index in [0.717, 1.165) is 11.1 Å². The van der Waals surface area contributed by atoms with E-state index >= 15 is 0 Å². The van der Waals surface area contributed by atoms with Crippen LogP contribution in [0.5, 0.6) is 5.75 Å². The van der Waals surface area contributed by atoms with Gasteiger partial charge in [0.05, 0.1) is 0 Å². The zero-order valence-corrected chi connectivity index (χ0v) is 15.6. The summed E-state index contributed by atoms with van der Waals surface area (Å²) in [4.78, 5) is 25.2. The number of hydrogen-bond acceptors (Lipinski definition) is 3. The molecule has 3 aromatic rings. The molecule has 142 valence electrons. The van der Waals surface area contributed by atoms with Crippen LogP contribution in [0.1, 0.15) is 11.1 Å². The van der Waals surface area contributed by atoms with Crippen molar-refractivity contribution in [2.24, 2.45) is 0 Å². The van der Waals surface area contributed by atoms with Gasteiger partial charge in [-0.3, -0.25) is 4.79 Å². The van der Waals surface area contributed by atoms with Crippen LogP contribution in [0.25, 0.3) is 0 Å². The van der Waals surface area contributed by atoms with Crippen molar-refractivity contribution in [1.82, 2.24) is 5.32 Å². The molecule has 5 heteroatoms. The molecular weight excluding hydrogens is 352 g/mol. The Kier molecular flexibility index (Phi) is 6.41. The molecule has 0 saturated carbocycles. The van der Waals surface area contributed by atoms with Crippen molar-refractivity contribution in [3.05, 3.63) is 96.1 Å². The van der Waals surface area contributed by atoms with E-state index in [1.807, 2.05) is 67.6 Å². The average molecular weight is 374 g/mol. The summed E-state index contributed by atoms with van der Waals surface area (Å²) in [6.07, 6.45) is -0.324. The fourth-order valence-corrected chi connectivity index (χ4v) is 2.76. The van der Waals surface area contributed by atoms with Crippen LogP contribution < -0.4 is 15.4 Å². The van der Waals surface area contributed by atoms with Gasteiger partial charge in [-0.1, -0.05) is 66.7 Å². The monoisotopic (exact) mass is 374 g/mol. The molecule has 0 aliphatic carbocycles. The molecule has 0 fully saturated rings. The Bertz CT molecular complexity index is 927. The van der Waals surface area contributed by atoms with E-state index in [1.165, 1.54) is 0 Å². The van der Waals surface area contributed by atoms with E-state index < -0.39 is 12.1 Å². The normalized spacial score (nSPS) is 11.3. The fraction of sp³-hybridized carbons (Fsp3) is 0.130. The van der Waals surface area contributed by atoms with Gasteiger partial charge in [0.25, 0.3) is 0 Å². The van der Waals surface area contributed by atoms with Gasteiger partial charge in [0, 0.05) is 12.1 Å². The molecule has 0 unspecified atom stereocenters. The summed E-state index contributed by atoms with van der Waals surface area (Å²) in [6.45, 7) is 1.92. The van der Waals surface area contributed by atoms with Crippen molar-refractivity contribution in [1.29, 1.82) is 0 Å². The molecule has 0 aromatic heterocycles. The summed E-state index contributed by atoms with van der Waals surface area (Å²) in [5.74, 6) is 0.112. The van der Waals surface area contributed by atoms with Gasteiger partial charge in [-0.25, -0.2) is 4.79 Å². The highest BCUT2D eigenvalue weighted by atomic mass is 16.6. The Morgan fingerprint density at radius 1 is 0.857 bits per heavy atom. The molecule has 0 aliphatic heterocycles. The van der Waals surface area contributed by atoms with Gasteiger partial charge in [0.2, 0.25) is 5.91 Å². The molecule has 0 aliphatic rings. The Morgan fingerprint density at radius 3 is 2.14 bits per heavy atom. The summed E-state index contributed by atoms with van der Waals surface area (Å²) in [5.41, 5.74) is 2.59. The lowest BCUT2D eigenvalue weighted by molar-refractivity contribution is -0.118. The van der Waals surface area contributed by atoms with E-state index in [9.17, 15) is 9.59 Å². The van der Waals surface area contributed by atoms with Crippen molar-refractivity contribution in [2.75, 3.05) is 5.32 Å². The first-order chi connectivity index (χ1) is 13.6. The smallest absolute Gasteiger partial charge is 0.410 e. The molecule has 3 rings (SSSR count). The molecule has 28 heavy (non-hydrogen) atoms. The maximum absolute atomic E-state index is 12.9. The third-order valence-electron chi connectivity index (χ3n) is 4.25. The Balaban J connectivity index is 1.73. The van der Waals surface area contributed by atoms with Gasteiger partial charge in [0.15, 0.2) is 0 Å². The van der Waals surface area contributed by atoms with Gasteiger partial charge in [-0.05, 0) is 36.2 Å². The molecular formula is C23H22N2O3. The molecule has 0 heterocycles. The summed E-state index contributed by atoms with van der Waals surface area (Å²) >= 11 is 0. The number of nitrogens with one attached hydrogen (secondary N) is 2. The number of ether oxygens (including phenoxy) is 1. The van der Waals surface area contributed by atoms with Crippen molar-refractivity contribution in [2.45, 2.75) is 19.4 Å². The number of carbonyl (C=O) groups excluding carboxylic acids is 2. The van der Waals surface area contributed by atoms with Crippen molar-refractivity contribution in [3.8, 4) is 5.75 Å². The zero-order chi connectivity index (χ0) is 19.8. The van der Waals surface area contributed by atoms with E-state index in [2.05, 4.69) is 10.6 Å². The summed E-state index contributed by atoms with van der Waals surface area (Å²) in [5, 5.41) is 5.57. The third-order valence-corrected chi connectivity index (χ3v) is 4.25. The largest absolute Gasteiger partial charge is 0.413 e. The van der Waals surface area contributed by atoms with Crippen LogP contribution in [0.15, 0.2) is 84.9 Å². The van der Waals surface area contributed by atoms with Crippen LogP contribution in [0.4, 0.5) is 10.5 Å². The molecule has 5 nitrogen and oxygen atoms in total. The highest BCUT2D eigenvalue weighted by Crippen LogP contribution is 2.15. The zero-order valence-electron chi connectivity index (χ0n) is 15.6. The predicted octanol–water partition coefficient (Wildman–Crippen LogP) is 4.33. The minimum absolute atomic E-state index is 0.303. The number of anilines is 1. The molecule has 0 spiro atoms. The lowest BCUT2D eigenvalue weighted by atomic mass is 10.1. The van der Waals surface area contributed by atoms with Gasteiger partial charge in [-0.2, -0.15) is 0 Å². The van der Waals surface area contributed by atoms with Crippen molar-refractivity contribution in [3.63, 3.8) is 0 Å².